The Morgan fingerprint density at radius 2 is 0.694 bits per heavy atom. The number of unbranched alkanes of at least 4 members (excludes halogenated alkanes) is 45. The Labute approximate surface area is 449 Å². The van der Waals surface area contributed by atoms with E-state index < -0.39 is 12.1 Å². The number of nitrogens with one attached hydrogen (secondary N) is 1. The fourth-order valence-electron chi connectivity index (χ4n) is 9.96. The van der Waals surface area contributed by atoms with E-state index in [4.69, 9.17) is 4.74 Å². The van der Waals surface area contributed by atoms with Crippen LogP contribution >= 0.6 is 0 Å². The van der Waals surface area contributed by atoms with Crippen LogP contribution in [-0.4, -0.2) is 47.4 Å². The van der Waals surface area contributed by atoms with E-state index in [-0.39, 0.29) is 18.5 Å². The highest BCUT2D eigenvalue weighted by atomic mass is 16.5. The summed E-state index contributed by atoms with van der Waals surface area (Å²) in [5.74, 6) is -0.0813. The highest BCUT2D eigenvalue weighted by molar-refractivity contribution is 5.76. The van der Waals surface area contributed by atoms with E-state index in [1.165, 1.54) is 257 Å². The van der Waals surface area contributed by atoms with Crippen molar-refractivity contribution in [3.63, 3.8) is 0 Å². The molecule has 6 heteroatoms. The number of ether oxygens (including phenoxy) is 1. The van der Waals surface area contributed by atoms with Gasteiger partial charge in [-0.25, -0.2) is 0 Å². The quantitative estimate of drug-likeness (QED) is 0.0320. The summed E-state index contributed by atoms with van der Waals surface area (Å²) in [5.41, 5.74) is 0. The highest BCUT2D eigenvalue weighted by Crippen LogP contribution is 2.18. The number of aliphatic hydroxyl groups is 2. The minimum Gasteiger partial charge on any atom is -0.466 e. The molecule has 2 unspecified atom stereocenters. The van der Waals surface area contributed by atoms with Crippen LogP contribution in [0.3, 0.4) is 0 Å². The topological polar surface area (TPSA) is 95.9 Å². The third kappa shape index (κ3) is 57.4. The lowest BCUT2D eigenvalue weighted by Crippen LogP contribution is -2.45. The predicted molar refractivity (Wildman–Crippen MR) is 315 cm³/mol. The Hall–Kier alpha value is -1.92. The molecule has 3 N–H and O–H groups in total. The first-order valence-corrected chi connectivity index (χ1v) is 32.3. The molecule has 0 saturated heterocycles. The van der Waals surface area contributed by atoms with Crippen molar-refractivity contribution in [1.29, 1.82) is 0 Å². The molecule has 0 bridgehead atoms. The van der Waals surface area contributed by atoms with E-state index >= 15 is 0 Å². The van der Waals surface area contributed by atoms with Crippen LogP contribution in [0, 0.1) is 0 Å². The van der Waals surface area contributed by atoms with Gasteiger partial charge in [0.05, 0.1) is 25.4 Å². The van der Waals surface area contributed by atoms with Gasteiger partial charge in [0, 0.05) is 12.8 Å². The molecular formula is C66H125NO5. The third-order valence-corrected chi connectivity index (χ3v) is 14.9. The van der Waals surface area contributed by atoms with E-state index in [0.29, 0.717) is 19.4 Å². The van der Waals surface area contributed by atoms with Crippen molar-refractivity contribution in [3.8, 4) is 0 Å². The van der Waals surface area contributed by atoms with Crippen LogP contribution in [0.4, 0.5) is 0 Å². The summed E-state index contributed by atoms with van der Waals surface area (Å²) in [4.78, 5) is 24.6. The van der Waals surface area contributed by atoms with E-state index in [2.05, 4.69) is 43.5 Å². The number of rotatable bonds is 60. The second-order valence-electron chi connectivity index (χ2n) is 22.1. The summed E-state index contributed by atoms with van der Waals surface area (Å²) in [6.07, 6.45) is 77.5. The molecule has 0 fully saturated rings. The number of carbonyl (C=O) groups excluding carboxylic acids is 2. The largest absolute Gasteiger partial charge is 0.466 e. The summed E-state index contributed by atoms with van der Waals surface area (Å²) in [6.45, 7) is 4.88. The van der Waals surface area contributed by atoms with Crippen molar-refractivity contribution in [3.05, 3.63) is 36.5 Å². The molecular weight excluding hydrogens is 887 g/mol. The first-order chi connectivity index (χ1) is 35.5. The van der Waals surface area contributed by atoms with Crippen molar-refractivity contribution >= 4 is 11.9 Å². The number of hydrogen-bond donors (Lipinski definition) is 3. The summed E-state index contributed by atoms with van der Waals surface area (Å²) < 4.78 is 5.48. The molecule has 0 rings (SSSR count). The molecule has 0 aliphatic rings. The van der Waals surface area contributed by atoms with Gasteiger partial charge in [-0.1, -0.05) is 307 Å². The normalized spacial score (nSPS) is 12.8. The summed E-state index contributed by atoms with van der Waals surface area (Å²) >= 11 is 0. The van der Waals surface area contributed by atoms with Gasteiger partial charge in [-0.2, -0.15) is 0 Å². The molecule has 0 aromatic carbocycles. The van der Waals surface area contributed by atoms with Crippen LogP contribution in [0.25, 0.3) is 0 Å². The number of amides is 1. The lowest BCUT2D eigenvalue weighted by atomic mass is 10.0. The van der Waals surface area contributed by atoms with Gasteiger partial charge in [-0.15, -0.1) is 0 Å². The van der Waals surface area contributed by atoms with Gasteiger partial charge in [0.1, 0.15) is 0 Å². The van der Waals surface area contributed by atoms with E-state index in [1.807, 2.05) is 6.08 Å². The monoisotopic (exact) mass is 1010 g/mol. The van der Waals surface area contributed by atoms with Gasteiger partial charge in [-0.3, -0.25) is 9.59 Å². The van der Waals surface area contributed by atoms with Crippen molar-refractivity contribution in [2.24, 2.45) is 0 Å². The Morgan fingerprint density at radius 3 is 1.08 bits per heavy atom. The Morgan fingerprint density at radius 1 is 0.389 bits per heavy atom. The standard InChI is InChI=1S/C66H125NO5/c1-3-5-7-9-11-13-15-17-19-21-22-23-24-25-26-28-30-34-38-42-46-50-54-58-64(69)63(62-68)67-65(70)59-55-51-47-43-39-35-31-29-33-37-41-45-49-53-57-61-72-66(71)60-56-52-48-44-40-36-32-27-20-18-16-14-12-10-8-6-4-2/h12,14,18,20,54,58,63-64,68-69H,3-11,13,15-17,19,21-53,55-57,59-62H2,1-2H3,(H,67,70)/b14-12-,20-18-,58-54+. The zero-order valence-corrected chi connectivity index (χ0v) is 48.4. The number of hydrogen-bond acceptors (Lipinski definition) is 5. The van der Waals surface area contributed by atoms with Crippen LogP contribution in [0.5, 0.6) is 0 Å². The molecule has 0 aliphatic heterocycles. The Balaban J connectivity index is 3.46. The molecule has 424 valence electrons. The second-order valence-corrected chi connectivity index (χ2v) is 22.1. The van der Waals surface area contributed by atoms with Crippen LogP contribution in [-0.2, 0) is 14.3 Å². The zero-order valence-electron chi connectivity index (χ0n) is 48.4. The molecule has 6 nitrogen and oxygen atoms in total. The van der Waals surface area contributed by atoms with E-state index in [1.54, 1.807) is 6.08 Å². The average molecular weight is 1010 g/mol. The van der Waals surface area contributed by atoms with Gasteiger partial charge < -0.3 is 20.3 Å². The minimum atomic E-state index is -0.852. The van der Waals surface area contributed by atoms with Gasteiger partial charge in [0.2, 0.25) is 5.91 Å². The summed E-state index contributed by atoms with van der Waals surface area (Å²) in [5, 5.41) is 23.2. The van der Waals surface area contributed by atoms with Gasteiger partial charge >= 0.3 is 5.97 Å². The van der Waals surface area contributed by atoms with E-state index in [0.717, 1.165) is 64.2 Å². The maximum Gasteiger partial charge on any atom is 0.305 e. The van der Waals surface area contributed by atoms with Crippen LogP contribution in [0.1, 0.15) is 348 Å². The fraction of sp³-hybridized carbons (Fsp3) is 0.879. The molecule has 0 saturated carbocycles. The van der Waals surface area contributed by atoms with Gasteiger partial charge in [0.15, 0.2) is 0 Å². The zero-order chi connectivity index (χ0) is 52.2. The van der Waals surface area contributed by atoms with Crippen molar-refractivity contribution in [2.45, 2.75) is 360 Å². The van der Waals surface area contributed by atoms with Gasteiger partial charge in [-0.05, 0) is 64.2 Å². The molecule has 0 aromatic rings. The number of esters is 1. The lowest BCUT2D eigenvalue weighted by molar-refractivity contribution is -0.143. The Kier molecular flexibility index (Phi) is 60.0. The molecule has 0 heterocycles. The van der Waals surface area contributed by atoms with Crippen molar-refractivity contribution in [2.75, 3.05) is 13.2 Å². The average Bonchev–Trinajstić information content (AvgIpc) is 3.38. The Bertz CT molecular complexity index is 1170. The number of aliphatic hydroxyl groups excluding tert-OH is 2. The highest BCUT2D eigenvalue weighted by Gasteiger charge is 2.18. The van der Waals surface area contributed by atoms with Crippen molar-refractivity contribution < 1.29 is 24.5 Å². The minimum absolute atomic E-state index is 0.00762. The summed E-state index contributed by atoms with van der Waals surface area (Å²) in [6, 6.07) is -0.636. The molecule has 72 heavy (non-hydrogen) atoms. The first-order valence-electron chi connectivity index (χ1n) is 32.3. The predicted octanol–water partition coefficient (Wildman–Crippen LogP) is 20.4. The third-order valence-electron chi connectivity index (χ3n) is 14.9. The molecule has 0 aliphatic carbocycles. The molecule has 1 amide bonds. The summed E-state index contributed by atoms with van der Waals surface area (Å²) in [7, 11) is 0. The molecule has 0 spiro atoms. The van der Waals surface area contributed by atoms with Crippen molar-refractivity contribution in [1.82, 2.24) is 5.32 Å². The lowest BCUT2D eigenvalue weighted by Gasteiger charge is -2.20. The number of allylic oxidation sites excluding steroid dienone is 5. The maximum absolute atomic E-state index is 12.5. The van der Waals surface area contributed by atoms with Gasteiger partial charge in [0.25, 0.3) is 0 Å². The van der Waals surface area contributed by atoms with Crippen LogP contribution < -0.4 is 5.32 Å². The maximum atomic E-state index is 12.5. The molecule has 0 aromatic heterocycles. The number of carbonyl (C=O) groups is 2. The van der Waals surface area contributed by atoms with Crippen LogP contribution in [0.2, 0.25) is 0 Å². The first kappa shape index (κ1) is 70.1. The fourth-order valence-corrected chi connectivity index (χ4v) is 9.96. The molecule has 2 atom stereocenters. The van der Waals surface area contributed by atoms with E-state index in [9.17, 15) is 19.8 Å². The molecule has 0 radical (unpaired) electrons. The SMILES string of the molecule is CCCCC/C=C\C/C=C\CCCCCCCCCC(=O)OCCCCCCCCCCCCCCCCCC(=O)NC(CO)C(O)/C=C/CCCCCCCCCCCCCCCCCCCCCCC. The second kappa shape index (κ2) is 61.6. The smallest absolute Gasteiger partial charge is 0.305 e. The van der Waals surface area contributed by atoms with Crippen LogP contribution in [0.15, 0.2) is 36.5 Å².